The van der Waals surface area contributed by atoms with Gasteiger partial charge in [0.25, 0.3) is 5.91 Å². The Bertz CT molecular complexity index is 850. The van der Waals surface area contributed by atoms with E-state index in [1.807, 2.05) is 4.90 Å². The lowest BCUT2D eigenvalue weighted by Gasteiger charge is -2.32. The molecule has 2 amide bonds. The number of hydrogen-bond acceptors (Lipinski definition) is 3. The number of furan rings is 1. The van der Waals surface area contributed by atoms with Gasteiger partial charge in [-0.25, -0.2) is 8.78 Å². The van der Waals surface area contributed by atoms with E-state index in [0.717, 1.165) is 25.0 Å². The number of nitrogens with zero attached hydrogens (tertiary/aromatic N) is 1. The number of piperidine rings is 1. The summed E-state index contributed by atoms with van der Waals surface area (Å²) in [7, 11) is 0. The molecule has 1 aliphatic rings. The molecule has 0 spiro atoms. The fraction of sp³-hybridized carbons (Fsp3) is 0.429. The predicted molar refractivity (Wildman–Crippen MR) is 99.5 cm³/mol. The van der Waals surface area contributed by atoms with Gasteiger partial charge in [-0.1, -0.05) is 6.07 Å². The second-order valence-corrected chi connectivity index (χ2v) is 7.21. The van der Waals surface area contributed by atoms with E-state index in [1.54, 1.807) is 13.0 Å². The van der Waals surface area contributed by atoms with Crippen LogP contribution in [0.2, 0.25) is 0 Å². The van der Waals surface area contributed by atoms with E-state index >= 15 is 0 Å². The molecule has 1 N–H and O–H groups in total. The number of hydrogen-bond donors (Lipinski definition) is 1. The molecule has 28 heavy (non-hydrogen) atoms. The van der Waals surface area contributed by atoms with Crippen molar-refractivity contribution in [2.24, 2.45) is 5.92 Å². The number of likely N-dealkylation sites (tertiary alicyclic amines) is 1. The topological polar surface area (TPSA) is 62.6 Å². The highest BCUT2D eigenvalue weighted by Gasteiger charge is 2.26. The van der Waals surface area contributed by atoms with E-state index in [0.29, 0.717) is 42.8 Å². The molecule has 0 unspecified atom stereocenters. The highest BCUT2D eigenvalue weighted by atomic mass is 19.2. The number of halogens is 2. The molecule has 150 valence electrons. The molecule has 2 heterocycles. The van der Waals surface area contributed by atoms with Crippen LogP contribution >= 0.6 is 0 Å². The Morgan fingerprint density at radius 1 is 1.25 bits per heavy atom. The van der Waals surface area contributed by atoms with Crippen LogP contribution in [-0.2, 0) is 11.3 Å². The summed E-state index contributed by atoms with van der Waals surface area (Å²) in [5.41, 5.74) is 1.10. The van der Waals surface area contributed by atoms with Gasteiger partial charge in [0.1, 0.15) is 5.76 Å². The second-order valence-electron chi connectivity index (χ2n) is 7.21. The van der Waals surface area contributed by atoms with Gasteiger partial charge in [-0.15, -0.1) is 0 Å². The summed E-state index contributed by atoms with van der Waals surface area (Å²) in [6.45, 7) is 3.26. The zero-order valence-corrected chi connectivity index (χ0v) is 15.8. The van der Waals surface area contributed by atoms with Gasteiger partial charge in [0.15, 0.2) is 11.6 Å². The van der Waals surface area contributed by atoms with E-state index in [-0.39, 0.29) is 24.3 Å². The number of amides is 2. The number of rotatable bonds is 6. The van der Waals surface area contributed by atoms with Crippen LogP contribution in [0.25, 0.3) is 0 Å². The molecule has 1 fully saturated rings. The van der Waals surface area contributed by atoms with Crippen molar-refractivity contribution >= 4 is 11.8 Å². The van der Waals surface area contributed by atoms with Crippen molar-refractivity contribution < 1.29 is 22.8 Å². The Balaban J connectivity index is 1.44. The first-order valence-corrected chi connectivity index (χ1v) is 9.48. The standard InChI is InChI=1S/C21H24F2N2O3/c1-14-17(8-10-28-14)21(27)25-9-2-3-15(13-25)5-7-20(26)24-12-16-4-6-18(22)19(23)11-16/h4,6,8,10-11,15H,2-3,5,7,9,12-13H2,1H3,(H,24,26)/t15-/m0/s1. The lowest BCUT2D eigenvalue weighted by atomic mass is 9.93. The SMILES string of the molecule is Cc1occc1C(=O)N1CCC[C@@H](CCC(=O)NCc2ccc(F)c(F)c2)C1. The average molecular weight is 390 g/mol. The van der Waals surface area contributed by atoms with Gasteiger partial charge in [-0.3, -0.25) is 9.59 Å². The summed E-state index contributed by atoms with van der Waals surface area (Å²) in [6.07, 6.45) is 4.41. The van der Waals surface area contributed by atoms with Crippen LogP contribution in [0, 0.1) is 24.5 Å². The Morgan fingerprint density at radius 3 is 2.79 bits per heavy atom. The molecule has 0 aliphatic carbocycles. The van der Waals surface area contributed by atoms with Gasteiger partial charge in [-0.05, 0) is 55.9 Å². The second kappa shape index (κ2) is 8.99. The molecule has 0 saturated carbocycles. The van der Waals surface area contributed by atoms with Crippen LogP contribution in [-0.4, -0.2) is 29.8 Å². The molecule has 3 rings (SSSR count). The quantitative estimate of drug-likeness (QED) is 0.816. The Morgan fingerprint density at radius 2 is 2.07 bits per heavy atom. The smallest absolute Gasteiger partial charge is 0.257 e. The highest BCUT2D eigenvalue weighted by molar-refractivity contribution is 5.95. The molecule has 5 nitrogen and oxygen atoms in total. The number of benzene rings is 1. The fourth-order valence-corrected chi connectivity index (χ4v) is 3.54. The normalized spacial score (nSPS) is 16.8. The van der Waals surface area contributed by atoms with E-state index in [4.69, 9.17) is 4.42 Å². The molecule has 7 heteroatoms. The van der Waals surface area contributed by atoms with Gasteiger partial charge in [0.2, 0.25) is 5.91 Å². The first-order valence-electron chi connectivity index (χ1n) is 9.48. The third-order valence-corrected chi connectivity index (χ3v) is 5.15. The average Bonchev–Trinajstić information content (AvgIpc) is 3.12. The van der Waals surface area contributed by atoms with Crippen LogP contribution in [0.4, 0.5) is 8.78 Å². The van der Waals surface area contributed by atoms with Crippen LogP contribution in [0.3, 0.4) is 0 Å². The third-order valence-electron chi connectivity index (χ3n) is 5.15. The van der Waals surface area contributed by atoms with Crippen molar-refractivity contribution in [1.82, 2.24) is 10.2 Å². The Hall–Kier alpha value is -2.70. The maximum absolute atomic E-state index is 13.2. The van der Waals surface area contributed by atoms with Crippen molar-refractivity contribution in [1.29, 1.82) is 0 Å². The minimum absolute atomic E-state index is 0.0289. The van der Waals surface area contributed by atoms with Crippen LogP contribution in [0.5, 0.6) is 0 Å². The number of carbonyl (C=O) groups is 2. The van der Waals surface area contributed by atoms with E-state index in [9.17, 15) is 18.4 Å². The lowest BCUT2D eigenvalue weighted by molar-refractivity contribution is -0.121. The van der Waals surface area contributed by atoms with Crippen molar-refractivity contribution in [3.05, 3.63) is 59.1 Å². The summed E-state index contributed by atoms with van der Waals surface area (Å²) in [5.74, 6) is -1.12. The number of carbonyl (C=O) groups excluding carboxylic acids is 2. The van der Waals surface area contributed by atoms with Crippen molar-refractivity contribution in [3.63, 3.8) is 0 Å². The maximum atomic E-state index is 13.2. The third kappa shape index (κ3) is 4.97. The Labute approximate surface area is 162 Å². The first-order chi connectivity index (χ1) is 13.4. The molecule has 1 aliphatic heterocycles. The monoisotopic (exact) mass is 390 g/mol. The van der Waals surface area contributed by atoms with Crippen LogP contribution in [0.1, 0.15) is 47.4 Å². The molecule has 1 aromatic carbocycles. The molecule has 0 bridgehead atoms. The summed E-state index contributed by atoms with van der Waals surface area (Å²) < 4.78 is 31.3. The number of nitrogens with one attached hydrogen (secondary N) is 1. The van der Waals surface area contributed by atoms with Crippen LogP contribution in [0.15, 0.2) is 34.9 Å². The highest BCUT2D eigenvalue weighted by Crippen LogP contribution is 2.23. The largest absolute Gasteiger partial charge is 0.469 e. The zero-order valence-electron chi connectivity index (χ0n) is 15.8. The molecule has 1 atom stereocenters. The number of aryl methyl sites for hydroxylation is 1. The lowest BCUT2D eigenvalue weighted by Crippen LogP contribution is -2.40. The van der Waals surface area contributed by atoms with Crippen molar-refractivity contribution in [2.45, 2.75) is 39.2 Å². The first kappa shape index (κ1) is 20.0. The van der Waals surface area contributed by atoms with Gasteiger partial charge in [-0.2, -0.15) is 0 Å². The van der Waals surface area contributed by atoms with Crippen LogP contribution < -0.4 is 5.32 Å². The van der Waals surface area contributed by atoms with Gasteiger partial charge in [0.05, 0.1) is 11.8 Å². The van der Waals surface area contributed by atoms with E-state index in [1.165, 1.54) is 12.3 Å². The van der Waals surface area contributed by atoms with Crippen molar-refractivity contribution in [2.75, 3.05) is 13.1 Å². The summed E-state index contributed by atoms with van der Waals surface area (Å²) in [4.78, 5) is 26.5. The summed E-state index contributed by atoms with van der Waals surface area (Å²) in [6, 6.07) is 5.26. The Kier molecular flexibility index (Phi) is 6.44. The predicted octanol–water partition coefficient (Wildman–Crippen LogP) is 3.82. The fourth-order valence-electron chi connectivity index (χ4n) is 3.54. The van der Waals surface area contributed by atoms with Gasteiger partial charge < -0.3 is 14.6 Å². The van der Waals surface area contributed by atoms with Gasteiger partial charge >= 0.3 is 0 Å². The molecular weight excluding hydrogens is 366 g/mol. The molecule has 1 aromatic heterocycles. The molecule has 2 aromatic rings. The zero-order chi connectivity index (χ0) is 20.1. The minimum atomic E-state index is -0.924. The molecule has 1 saturated heterocycles. The van der Waals surface area contributed by atoms with Gasteiger partial charge in [0, 0.05) is 26.1 Å². The van der Waals surface area contributed by atoms with E-state index < -0.39 is 11.6 Å². The summed E-state index contributed by atoms with van der Waals surface area (Å²) in [5, 5.41) is 2.73. The van der Waals surface area contributed by atoms with Crippen molar-refractivity contribution in [3.8, 4) is 0 Å². The van der Waals surface area contributed by atoms with E-state index in [2.05, 4.69) is 5.32 Å². The maximum Gasteiger partial charge on any atom is 0.257 e. The summed E-state index contributed by atoms with van der Waals surface area (Å²) >= 11 is 0. The molecule has 0 radical (unpaired) electrons. The minimum Gasteiger partial charge on any atom is -0.469 e. The molecular formula is C21H24F2N2O3.